The normalized spacial score (nSPS) is 11.1. The van der Waals surface area contributed by atoms with Gasteiger partial charge in [0, 0.05) is 19.4 Å². The maximum Gasteiger partial charge on any atom is 0.264 e. The Morgan fingerprint density at radius 3 is 2.47 bits per heavy atom. The lowest BCUT2D eigenvalue weighted by molar-refractivity contribution is 0.600. The monoisotopic (exact) mass is 278 g/mol. The van der Waals surface area contributed by atoms with Crippen molar-refractivity contribution in [2.75, 3.05) is 17.1 Å². The molecule has 7 heteroatoms. The van der Waals surface area contributed by atoms with Gasteiger partial charge in [-0.05, 0) is 36.8 Å². The summed E-state index contributed by atoms with van der Waals surface area (Å²) >= 11 is 0. The molecule has 0 aromatic carbocycles. The quantitative estimate of drug-likeness (QED) is 0.888. The first kappa shape index (κ1) is 13.3. The number of aryl methyl sites for hydroxylation is 1. The Balaban J connectivity index is 2.27. The summed E-state index contributed by atoms with van der Waals surface area (Å²) in [6, 6.07) is 6.53. The van der Waals surface area contributed by atoms with Gasteiger partial charge in [-0.25, -0.2) is 18.4 Å². The van der Waals surface area contributed by atoms with Crippen molar-refractivity contribution in [1.29, 1.82) is 0 Å². The number of pyridine rings is 2. The molecule has 0 unspecified atom stereocenters. The van der Waals surface area contributed by atoms with Crippen molar-refractivity contribution in [3.63, 3.8) is 0 Å². The van der Waals surface area contributed by atoms with Crippen molar-refractivity contribution in [1.82, 2.24) is 9.97 Å². The minimum absolute atomic E-state index is 0.0924. The van der Waals surface area contributed by atoms with Crippen LogP contribution in [0.25, 0.3) is 0 Å². The Morgan fingerprint density at radius 2 is 1.89 bits per heavy atom. The van der Waals surface area contributed by atoms with Gasteiger partial charge in [-0.2, -0.15) is 0 Å². The van der Waals surface area contributed by atoms with E-state index in [0.29, 0.717) is 5.82 Å². The summed E-state index contributed by atoms with van der Waals surface area (Å²) in [5.41, 5.74) is 0.927. The Kier molecular flexibility index (Phi) is 3.66. The number of nitrogens with one attached hydrogen (secondary N) is 2. The van der Waals surface area contributed by atoms with E-state index < -0.39 is 10.0 Å². The second-order valence-electron chi connectivity index (χ2n) is 3.95. The molecule has 19 heavy (non-hydrogen) atoms. The molecule has 2 aromatic heterocycles. The van der Waals surface area contributed by atoms with Gasteiger partial charge in [-0.3, -0.25) is 4.72 Å². The molecular formula is C12H14N4O2S. The van der Waals surface area contributed by atoms with E-state index in [1.54, 1.807) is 31.4 Å². The van der Waals surface area contributed by atoms with Crippen LogP contribution in [-0.2, 0) is 10.0 Å². The maximum atomic E-state index is 12.1. The summed E-state index contributed by atoms with van der Waals surface area (Å²) in [4.78, 5) is 8.03. The van der Waals surface area contributed by atoms with Gasteiger partial charge in [0.25, 0.3) is 10.0 Å². The van der Waals surface area contributed by atoms with Crippen LogP contribution in [0.5, 0.6) is 0 Å². The molecule has 6 nitrogen and oxygen atoms in total. The van der Waals surface area contributed by atoms with Crippen LogP contribution in [0.1, 0.15) is 5.56 Å². The van der Waals surface area contributed by atoms with Crippen molar-refractivity contribution in [3.8, 4) is 0 Å². The predicted molar refractivity (Wildman–Crippen MR) is 73.6 cm³/mol. The smallest absolute Gasteiger partial charge is 0.264 e. The lowest BCUT2D eigenvalue weighted by Crippen LogP contribution is -2.14. The molecule has 0 radical (unpaired) electrons. The summed E-state index contributed by atoms with van der Waals surface area (Å²) in [6.07, 6.45) is 2.85. The number of hydrogen-bond donors (Lipinski definition) is 2. The lowest BCUT2D eigenvalue weighted by Gasteiger charge is -2.08. The van der Waals surface area contributed by atoms with Gasteiger partial charge in [0.2, 0.25) is 0 Å². The zero-order valence-electron chi connectivity index (χ0n) is 10.6. The van der Waals surface area contributed by atoms with Gasteiger partial charge < -0.3 is 5.32 Å². The SMILES string of the molecule is CNc1ccc(S(=O)(=O)Nc2cc(C)ccn2)cn1. The molecule has 2 aromatic rings. The van der Waals surface area contributed by atoms with E-state index in [-0.39, 0.29) is 10.7 Å². The van der Waals surface area contributed by atoms with Crippen LogP contribution in [0.4, 0.5) is 11.6 Å². The van der Waals surface area contributed by atoms with E-state index in [2.05, 4.69) is 20.0 Å². The Hall–Kier alpha value is -2.15. The highest BCUT2D eigenvalue weighted by Gasteiger charge is 2.15. The van der Waals surface area contributed by atoms with Crippen LogP contribution in [0.15, 0.2) is 41.6 Å². The third-order valence-electron chi connectivity index (χ3n) is 2.46. The molecule has 0 amide bonds. The first-order valence-corrected chi connectivity index (χ1v) is 7.09. The highest BCUT2D eigenvalue weighted by molar-refractivity contribution is 7.92. The molecule has 0 atom stereocenters. The standard InChI is InChI=1S/C12H14N4O2S/c1-9-5-6-14-12(7-9)16-19(17,18)10-3-4-11(13-2)15-8-10/h3-8H,1-2H3,(H,13,15)(H,14,16). The molecule has 100 valence electrons. The maximum absolute atomic E-state index is 12.1. The van der Waals surface area contributed by atoms with Crippen LogP contribution in [-0.4, -0.2) is 25.4 Å². The molecule has 2 heterocycles. The summed E-state index contributed by atoms with van der Waals surface area (Å²) in [5.74, 6) is 0.894. The first-order chi connectivity index (χ1) is 9.01. The summed E-state index contributed by atoms with van der Waals surface area (Å²) in [7, 11) is -1.94. The van der Waals surface area contributed by atoms with Crippen molar-refractivity contribution in [2.24, 2.45) is 0 Å². The second-order valence-corrected chi connectivity index (χ2v) is 5.64. The topological polar surface area (TPSA) is 84.0 Å². The minimum Gasteiger partial charge on any atom is -0.373 e. The second kappa shape index (κ2) is 5.23. The number of hydrogen-bond acceptors (Lipinski definition) is 5. The van der Waals surface area contributed by atoms with Crippen LogP contribution < -0.4 is 10.0 Å². The van der Waals surface area contributed by atoms with Crippen LogP contribution >= 0.6 is 0 Å². The minimum atomic E-state index is -3.66. The fourth-order valence-electron chi connectivity index (χ4n) is 1.48. The molecule has 0 aliphatic carbocycles. The average molecular weight is 278 g/mol. The molecular weight excluding hydrogens is 264 g/mol. The largest absolute Gasteiger partial charge is 0.373 e. The third kappa shape index (κ3) is 3.19. The average Bonchev–Trinajstić information content (AvgIpc) is 2.38. The van der Waals surface area contributed by atoms with Crippen LogP contribution in [0, 0.1) is 6.92 Å². The van der Waals surface area contributed by atoms with E-state index in [1.165, 1.54) is 12.3 Å². The Morgan fingerprint density at radius 1 is 1.11 bits per heavy atom. The summed E-state index contributed by atoms with van der Waals surface area (Å²) in [5, 5.41) is 2.82. The summed E-state index contributed by atoms with van der Waals surface area (Å²) < 4.78 is 26.6. The number of sulfonamides is 1. The van der Waals surface area contributed by atoms with E-state index >= 15 is 0 Å². The third-order valence-corrected chi connectivity index (χ3v) is 3.80. The van der Waals surface area contributed by atoms with E-state index in [4.69, 9.17) is 0 Å². The zero-order chi connectivity index (χ0) is 13.9. The van der Waals surface area contributed by atoms with Gasteiger partial charge in [-0.15, -0.1) is 0 Å². The molecule has 0 fully saturated rings. The van der Waals surface area contributed by atoms with Gasteiger partial charge >= 0.3 is 0 Å². The van der Waals surface area contributed by atoms with Crippen molar-refractivity contribution < 1.29 is 8.42 Å². The fraction of sp³-hybridized carbons (Fsp3) is 0.167. The molecule has 2 rings (SSSR count). The fourth-order valence-corrected chi connectivity index (χ4v) is 2.42. The Labute approximate surface area is 112 Å². The van der Waals surface area contributed by atoms with Gasteiger partial charge in [0.1, 0.15) is 16.5 Å². The molecule has 0 bridgehead atoms. The Bertz CT molecular complexity index is 668. The van der Waals surface area contributed by atoms with Gasteiger partial charge in [-0.1, -0.05) is 0 Å². The zero-order valence-corrected chi connectivity index (χ0v) is 11.4. The molecule has 0 aliphatic heterocycles. The highest BCUT2D eigenvalue weighted by atomic mass is 32.2. The van der Waals surface area contributed by atoms with E-state index in [0.717, 1.165) is 5.56 Å². The van der Waals surface area contributed by atoms with Crippen molar-refractivity contribution in [2.45, 2.75) is 11.8 Å². The summed E-state index contributed by atoms with van der Waals surface area (Å²) in [6.45, 7) is 1.86. The number of rotatable bonds is 4. The molecule has 0 saturated carbocycles. The van der Waals surface area contributed by atoms with Crippen molar-refractivity contribution in [3.05, 3.63) is 42.2 Å². The molecule has 0 aliphatic rings. The number of nitrogens with zero attached hydrogens (tertiary/aromatic N) is 2. The van der Waals surface area contributed by atoms with E-state index in [9.17, 15) is 8.42 Å². The van der Waals surface area contributed by atoms with Crippen LogP contribution in [0.2, 0.25) is 0 Å². The molecule has 2 N–H and O–H groups in total. The number of aromatic nitrogens is 2. The van der Waals surface area contributed by atoms with Gasteiger partial charge in [0.05, 0.1) is 0 Å². The molecule has 0 spiro atoms. The van der Waals surface area contributed by atoms with E-state index in [1.807, 2.05) is 6.92 Å². The predicted octanol–water partition coefficient (Wildman–Crippen LogP) is 1.63. The molecule has 0 saturated heterocycles. The lowest BCUT2D eigenvalue weighted by atomic mass is 10.3. The number of anilines is 2. The highest BCUT2D eigenvalue weighted by Crippen LogP contribution is 2.15. The van der Waals surface area contributed by atoms with Crippen molar-refractivity contribution >= 4 is 21.7 Å². The van der Waals surface area contributed by atoms with Crippen LogP contribution in [0.3, 0.4) is 0 Å². The first-order valence-electron chi connectivity index (χ1n) is 5.60. The van der Waals surface area contributed by atoms with Gasteiger partial charge in [0.15, 0.2) is 0 Å².